The van der Waals surface area contributed by atoms with Crippen LogP contribution < -0.4 is 0 Å². The van der Waals surface area contributed by atoms with Crippen molar-refractivity contribution in [3.8, 4) is 0 Å². The SMILES string of the molecule is CC(C)(C)c1csc(C2CN(C(=O)[C@@H]3[C@H](C(=O)O)C3(C)C)CCO2)n1. The number of nitrogens with zero attached hydrogens (tertiary/aromatic N) is 2. The first kappa shape index (κ1) is 18.3. The smallest absolute Gasteiger partial charge is 0.307 e. The summed E-state index contributed by atoms with van der Waals surface area (Å²) >= 11 is 1.56. The van der Waals surface area contributed by atoms with Crippen molar-refractivity contribution in [1.29, 1.82) is 0 Å². The molecule has 7 heteroatoms. The number of carbonyl (C=O) groups is 2. The van der Waals surface area contributed by atoms with E-state index < -0.39 is 23.2 Å². The number of rotatable bonds is 3. The summed E-state index contributed by atoms with van der Waals surface area (Å²) in [5.41, 5.74) is 0.525. The molecule has 0 radical (unpaired) electrons. The van der Waals surface area contributed by atoms with Gasteiger partial charge in [-0.25, -0.2) is 4.98 Å². The Morgan fingerprint density at radius 2 is 2.04 bits per heavy atom. The van der Waals surface area contributed by atoms with Gasteiger partial charge in [-0.1, -0.05) is 34.6 Å². The molecule has 1 amide bonds. The van der Waals surface area contributed by atoms with Crippen LogP contribution >= 0.6 is 11.3 Å². The minimum atomic E-state index is -0.886. The fraction of sp³-hybridized carbons (Fsp3) is 0.722. The van der Waals surface area contributed by atoms with Gasteiger partial charge in [-0.2, -0.15) is 0 Å². The van der Waals surface area contributed by atoms with E-state index in [4.69, 9.17) is 9.72 Å². The second-order valence-corrected chi connectivity index (χ2v) is 9.47. The molecule has 2 heterocycles. The lowest BCUT2D eigenvalue weighted by molar-refractivity contribution is -0.145. The summed E-state index contributed by atoms with van der Waals surface area (Å²) in [7, 11) is 0. The summed E-state index contributed by atoms with van der Waals surface area (Å²) < 4.78 is 5.83. The Bertz CT molecular complexity index is 691. The summed E-state index contributed by atoms with van der Waals surface area (Å²) in [5, 5.41) is 12.2. The molecule has 25 heavy (non-hydrogen) atoms. The monoisotopic (exact) mass is 366 g/mol. The van der Waals surface area contributed by atoms with Crippen LogP contribution in [0.4, 0.5) is 0 Å². The molecule has 0 aromatic carbocycles. The van der Waals surface area contributed by atoms with Crippen LogP contribution in [0.1, 0.15) is 51.4 Å². The van der Waals surface area contributed by atoms with Gasteiger partial charge in [0.2, 0.25) is 5.91 Å². The Labute approximate surface area is 152 Å². The molecule has 0 spiro atoms. The molecular weight excluding hydrogens is 340 g/mol. The van der Waals surface area contributed by atoms with Crippen molar-refractivity contribution in [2.45, 2.75) is 46.1 Å². The molecule has 138 valence electrons. The lowest BCUT2D eigenvalue weighted by Gasteiger charge is -2.32. The number of ether oxygens (including phenoxy) is 1. The van der Waals surface area contributed by atoms with Crippen LogP contribution in [-0.2, 0) is 19.7 Å². The predicted octanol–water partition coefficient (Wildman–Crippen LogP) is 2.70. The lowest BCUT2D eigenvalue weighted by Crippen LogP contribution is -2.43. The quantitative estimate of drug-likeness (QED) is 0.890. The van der Waals surface area contributed by atoms with E-state index in [2.05, 4.69) is 20.8 Å². The third-order valence-corrected chi connectivity index (χ3v) is 6.24. The molecule has 1 saturated heterocycles. The number of carboxylic acid groups (broad SMARTS) is 1. The van der Waals surface area contributed by atoms with E-state index in [-0.39, 0.29) is 17.4 Å². The van der Waals surface area contributed by atoms with E-state index in [1.807, 2.05) is 19.2 Å². The normalized spacial score (nSPS) is 28.7. The first-order valence-electron chi connectivity index (χ1n) is 8.62. The van der Waals surface area contributed by atoms with E-state index in [1.165, 1.54) is 0 Å². The highest BCUT2D eigenvalue weighted by molar-refractivity contribution is 7.09. The zero-order valence-electron chi connectivity index (χ0n) is 15.4. The molecule has 0 bridgehead atoms. The highest BCUT2D eigenvalue weighted by Gasteiger charge is 2.66. The number of hydrogen-bond donors (Lipinski definition) is 1. The Hall–Kier alpha value is -1.47. The van der Waals surface area contributed by atoms with Crippen molar-refractivity contribution in [1.82, 2.24) is 9.88 Å². The maximum Gasteiger partial charge on any atom is 0.307 e. The molecule has 1 aliphatic carbocycles. The summed E-state index contributed by atoms with van der Waals surface area (Å²) in [6, 6.07) is 0. The minimum Gasteiger partial charge on any atom is -0.481 e. The highest BCUT2D eigenvalue weighted by atomic mass is 32.1. The van der Waals surface area contributed by atoms with E-state index in [9.17, 15) is 14.7 Å². The molecule has 1 N–H and O–H groups in total. The van der Waals surface area contributed by atoms with E-state index in [1.54, 1.807) is 16.2 Å². The van der Waals surface area contributed by atoms with Crippen molar-refractivity contribution >= 4 is 23.2 Å². The predicted molar refractivity (Wildman–Crippen MR) is 94.5 cm³/mol. The molecule has 1 aliphatic heterocycles. The van der Waals surface area contributed by atoms with Gasteiger partial charge in [0.1, 0.15) is 11.1 Å². The highest BCUT2D eigenvalue weighted by Crippen LogP contribution is 2.59. The molecular formula is C18H26N2O4S. The number of aliphatic carboxylic acids is 1. The van der Waals surface area contributed by atoms with Gasteiger partial charge in [-0.3, -0.25) is 9.59 Å². The Balaban J connectivity index is 1.71. The number of aromatic nitrogens is 1. The zero-order valence-corrected chi connectivity index (χ0v) is 16.2. The van der Waals surface area contributed by atoms with Crippen molar-refractivity contribution in [2.24, 2.45) is 17.3 Å². The van der Waals surface area contributed by atoms with Crippen molar-refractivity contribution in [2.75, 3.05) is 19.7 Å². The van der Waals surface area contributed by atoms with Gasteiger partial charge >= 0.3 is 5.97 Å². The Kier molecular flexibility index (Phi) is 4.44. The number of carbonyl (C=O) groups excluding carboxylic acids is 1. The van der Waals surface area contributed by atoms with Gasteiger partial charge in [0.25, 0.3) is 0 Å². The third kappa shape index (κ3) is 3.31. The molecule has 1 aromatic rings. The van der Waals surface area contributed by atoms with E-state index >= 15 is 0 Å². The summed E-state index contributed by atoms with van der Waals surface area (Å²) in [5.74, 6) is -1.99. The van der Waals surface area contributed by atoms with Crippen LogP contribution in [-0.4, -0.2) is 46.6 Å². The van der Waals surface area contributed by atoms with Crippen LogP contribution in [0.3, 0.4) is 0 Å². The third-order valence-electron chi connectivity index (χ3n) is 5.30. The van der Waals surface area contributed by atoms with Crippen molar-refractivity contribution in [3.63, 3.8) is 0 Å². The van der Waals surface area contributed by atoms with Crippen LogP contribution in [0, 0.1) is 17.3 Å². The van der Waals surface area contributed by atoms with Gasteiger partial charge in [-0.15, -0.1) is 11.3 Å². The fourth-order valence-electron chi connectivity index (χ4n) is 3.54. The molecule has 2 aliphatic rings. The van der Waals surface area contributed by atoms with Gasteiger partial charge in [-0.05, 0) is 5.41 Å². The molecule has 3 atom stereocenters. The standard InChI is InChI=1S/C18H26N2O4S/c1-17(2,3)11-9-25-14(19-11)10-8-20(6-7-24-10)15(21)12-13(16(22)23)18(12,4)5/h9-10,12-13H,6-8H2,1-5H3,(H,22,23)/t10?,12-,13+/m0/s1. The van der Waals surface area contributed by atoms with Gasteiger partial charge in [0.05, 0.1) is 30.7 Å². The van der Waals surface area contributed by atoms with Crippen LogP contribution in [0.25, 0.3) is 0 Å². The number of thiazole rings is 1. The summed E-state index contributed by atoms with van der Waals surface area (Å²) in [6.07, 6.45) is -0.232. The molecule has 1 saturated carbocycles. The topological polar surface area (TPSA) is 79.7 Å². The number of carboxylic acids is 1. The minimum absolute atomic E-state index is 0.0222. The van der Waals surface area contributed by atoms with Crippen LogP contribution in [0.2, 0.25) is 0 Å². The summed E-state index contributed by atoms with van der Waals surface area (Å²) in [4.78, 5) is 30.6. The van der Waals surface area contributed by atoms with E-state index in [0.29, 0.717) is 19.7 Å². The number of morpholine rings is 1. The average Bonchev–Trinajstić information content (AvgIpc) is 2.87. The lowest BCUT2D eigenvalue weighted by atomic mass is 9.93. The fourth-order valence-corrected chi connectivity index (χ4v) is 4.62. The zero-order chi connectivity index (χ0) is 18.6. The van der Waals surface area contributed by atoms with Crippen molar-refractivity contribution in [3.05, 3.63) is 16.1 Å². The molecule has 1 aromatic heterocycles. The second kappa shape index (κ2) is 6.06. The second-order valence-electron chi connectivity index (χ2n) is 8.58. The van der Waals surface area contributed by atoms with E-state index in [0.717, 1.165) is 10.7 Å². The maximum absolute atomic E-state index is 12.8. The average molecular weight is 366 g/mol. The van der Waals surface area contributed by atoms with Gasteiger partial charge in [0.15, 0.2) is 0 Å². The molecule has 1 unspecified atom stereocenters. The van der Waals surface area contributed by atoms with Crippen molar-refractivity contribution < 1.29 is 19.4 Å². The molecule has 2 fully saturated rings. The number of amides is 1. The number of hydrogen-bond acceptors (Lipinski definition) is 5. The molecule has 6 nitrogen and oxygen atoms in total. The first-order valence-corrected chi connectivity index (χ1v) is 9.50. The van der Waals surface area contributed by atoms with Gasteiger partial charge < -0.3 is 14.7 Å². The molecule has 3 rings (SSSR count). The van der Waals surface area contributed by atoms with Crippen LogP contribution in [0.5, 0.6) is 0 Å². The summed E-state index contributed by atoms with van der Waals surface area (Å²) in [6.45, 7) is 11.4. The largest absolute Gasteiger partial charge is 0.481 e. The first-order chi connectivity index (χ1) is 11.5. The maximum atomic E-state index is 12.8. The Morgan fingerprint density at radius 1 is 1.36 bits per heavy atom. The Morgan fingerprint density at radius 3 is 2.56 bits per heavy atom. The van der Waals surface area contributed by atoms with Crippen LogP contribution in [0.15, 0.2) is 5.38 Å². The van der Waals surface area contributed by atoms with Gasteiger partial charge in [0, 0.05) is 17.3 Å².